The number of nitrogens with one attached hydrogen (secondary N) is 1. The van der Waals surface area contributed by atoms with Crippen molar-refractivity contribution in [1.29, 1.82) is 0 Å². The van der Waals surface area contributed by atoms with Crippen LogP contribution in [0.3, 0.4) is 0 Å². The van der Waals surface area contributed by atoms with Crippen molar-refractivity contribution in [3.8, 4) is 0 Å². The summed E-state index contributed by atoms with van der Waals surface area (Å²) in [6.45, 7) is -0.0327. The summed E-state index contributed by atoms with van der Waals surface area (Å²) in [6, 6.07) is 0. The van der Waals surface area contributed by atoms with Gasteiger partial charge >= 0.3 is 0 Å². The van der Waals surface area contributed by atoms with Gasteiger partial charge < -0.3 is 15.8 Å². The lowest BCUT2D eigenvalue weighted by atomic mass is 9.81. The van der Waals surface area contributed by atoms with Crippen molar-refractivity contribution in [2.75, 3.05) is 13.7 Å². The highest BCUT2D eigenvalue weighted by atomic mass is 16.5. The molecule has 0 aromatic rings. The summed E-state index contributed by atoms with van der Waals surface area (Å²) in [5.74, 6) is -0.718. The molecule has 1 saturated carbocycles. The predicted molar refractivity (Wildman–Crippen MR) is 55.0 cm³/mol. The molecule has 0 atom stereocenters. The van der Waals surface area contributed by atoms with E-state index in [1.54, 1.807) is 0 Å². The number of methoxy groups -OCH3 is 1. The fourth-order valence-electron chi connectivity index (χ4n) is 2.02. The van der Waals surface area contributed by atoms with E-state index in [0.29, 0.717) is 12.8 Å². The highest BCUT2D eigenvalue weighted by molar-refractivity contribution is 5.90. The molecule has 3 N–H and O–H groups in total. The number of hydrogen-bond acceptors (Lipinski definition) is 3. The van der Waals surface area contributed by atoms with Crippen LogP contribution in [0, 0.1) is 0 Å². The van der Waals surface area contributed by atoms with Crippen LogP contribution in [0.15, 0.2) is 0 Å². The minimum Gasteiger partial charge on any atom is -0.375 e. The van der Waals surface area contributed by atoms with Gasteiger partial charge in [-0.1, -0.05) is 19.3 Å². The van der Waals surface area contributed by atoms with Crippen LogP contribution in [0.2, 0.25) is 0 Å². The highest BCUT2D eigenvalue weighted by Crippen LogP contribution is 2.27. The molecule has 1 aliphatic carbocycles. The zero-order chi connectivity index (χ0) is 11.3. The van der Waals surface area contributed by atoms with Gasteiger partial charge in [0, 0.05) is 7.11 Å². The van der Waals surface area contributed by atoms with E-state index >= 15 is 0 Å². The molecule has 15 heavy (non-hydrogen) atoms. The van der Waals surface area contributed by atoms with E-state index < -0.39 is 11.4 Å². The summed E-state index contributed by atoms with van der Waals surface area (Å²) in [6.07, 6.45) is 4.22. The second-order valence-corrected chi connectivity index (χ2v) is 3.99. The molecule has 5 heteroatoms. The Morgan fingerprint density at radius 1 is 1.33 bits per heavy atom. The van der Waals surface area contributed by atoms with Crippen molar-refractivity contribution in [3.63, 3.8) is 0 Å². The van der Waals surface area contributed by atoms with Gasteiger partial charge in [0.2, 0.25) is 11.8 Å². The first kappa shape index (κ1) is 12.0. The third-order valence-corrected chi connectivity index (χ3v) is 2.83. The number of hydrogen-bond donors (Lipinski definition) is 2. The Kier molecular flexibility index (Phi) is 4.08. The quantitative estimate of drug-likeness (QED) is 0.687. The number of amides is 2. The summed E-state index contributed by atoms with van der Waals surface area (Å²) >= 11 is 0. The SMILES string of the molecule is COCC(=O)NC1(C(N)=O)CCCCC1. The molecule has 1 rings (SSSR count). The zero-order valence-corrected chi connectivity index (χ0v) is 9.04. The number of primary amides is 1. The molecule has 0 saturated heterocycles. The Balaban J connectivity index is 2.64. The molecule has 0 aliphatic heterocycles. The van der Waals surface area contributed by atoms with Gasteiger partial charge in [-0.25, -0.2) is 0 Å². The molecule has 0 unspecified atom stereocenters. The van der Waals surface area contributed by atoms with Crippen molar-refractivity contribution in [1.82, 2.24) is 5.32 Å². The second-order valence-electron chi connectivity index (χ2n) is 3.99. The highest BCUT2D eigenvalue weighted by Gasteiger charge is 2.38. The average molecular weight is 214 g/mol. The number of rotatable bonds is 4. The maximum Gasteiger partial charge on any atom is 0.246 e. The van der Waals surface area contributed by atoms with Crippen LogP contribution in [-0.2, 0) is 14.3 Å². The molecule has 0 bridgehead atoms. The Morgan fingerprint density at radius 3 is 2.40 bits per heavy atom. The third-order valence-electron chi connectivity index (χ3n) is 2.83. The summed E-state index contributed by atoms with van der Waals surface area (Å²) in [5, 5.41) is 2.69. The van der Waals surface area contributed by atoms with E-state index in [1.165, 1.54) is 7.11 Å². The fraction of sp³-hybridized carbons (Fsp3) is 0.800. The summed E-state index contributed by atoms with van der Waals surface area (Å²) in [4.78, 5) is 22.8. The van der Waals surface area contributed by atoms with Gasteiger partial charge in [-0.3, -0.25) is 9.59 Å². The summed E-state index contributed by atoms with van der Waals surface area (Å²) in [7, 11) is 1.44. The van der Waals surface area contributed by atoms with Gasteiger partial charge in [-0.15, -0.1) is 0 Å². The fourth-order valence-corrected chi connectivity index (χ4v) is 2.02. The first-order chi connectivity index (χ1) is 7.10. The Labute approximate surface area is 89.3 Å². The number of carbonyl (C=O) groups is 2. The first-order valence-corrected chi connectivity index (χ1v) is 5.20. The molecule has 86 valence electrons. The molecular formula is C10H18N2O3. The Bertz CT molecular complexity index is 247. The second kappa shape index (κ2) is 5.11. The average Bonchev–Trinajstić information content (AvgIpc) is 2.19. The molecule has 0 aromatic carbocycles. The van der Waals surface area contributed by atoms with Gasteiger partial charge in [0.15, 0.2) is 0 Å². The summed E-state index contributed by atoms with van der Waals surface area (Å²) < 4.78 is 4.71. The molecule has 5 nitrogen and oxygen atoms in total. The minimum absolute atomic E-state index is 0.0327. The molecular weight excluding hydrogens is 196 g/mol. The van der Waals surface area contributed by atoms with Crippen LogP contribution < -0.4 is 11.1 Å². The van der Waals surface area contributed by atoms with E-state index in [0.717, 1.165) is 19.3 Å². The van der Waals surface area contributed by atoms with E-state index in [-0.39, 0.29) is 12.5 Å². The normalized spacial score (nSPS) is 19.5. The van der Waals surface area contributed by atoms with Crippen molar-refractivity contribution in [2.45, 2.75) is 37.6 Å². The number of nitrogens with two attached hydrogens (primary N) is 1. The van der Waals surface area contributed by atoms with Crippen LogP contribution in [0.4, 0.5) is 0 Å². The third kappa shape index (κ3) is 2.92. The molecule has 0 radical (unpaired) electrons. The molecule has 0 spiro atoms. The molecule has 1 fully saturated rings. The van der Waals surface area contributed by atoms with E-state index in [9.17, 15) is 9.59 Å². The number of carbonyl (C=O) groups excluding carboxylic acids is 2. The van der Waals surface area contributed by atoms with Crippen molar-refractivity contribution in [3.05, 3.63) is 0 Å². The standard InChI is InChI=1S/C10H18N2O3/c1-15-7-8(13)12-10(9(11)14)5-3-2-4-6-10/h2-7H2,1H3,(H2,11,14)(H,12,13). The van der Waals surface area contributed by atoms with Gasteiger partial charge in [-0.05, 0) is 12.8 Å². The lowest BCUT2D eigenvalue weighted by Crippen LogP contribution is -2.59. The largest absolute Gasteiger partial charge is 0.375 e. The van der Waals surface area contributed by atoms with E-state index in [4.69, 9.17) is 10.5 Å². The number of ether oxygens (including phenoxy) is 1. The van der Waals surface area contributed by atoms with Gasteiger partial charge in [0.05, 0.1) is 0 Å². The first-order valence-electron chi connectivity index (χ1n) is 5.20. The van der Waals surface area contributed by atoms with E-state index in [2.05, 4.69) is 5.32 Å². The van der Waals surface area contributed by atoms with E-state index in [1.807, 2.05) is 0 Å². The molecule has 2 amide bonds. The Hall–Kier alpha value is -1.10. The molecule has 0 aromatic heterocycles. The topological polar surface area (TPSA) is 81.4 Å². The molecule has 0 heterocycles. The van der Waals surface area contributed by atoms with Gasteiger partial charge in [-0.2, -0.15) is 0 Å². The smallest absolute Gasteiger partial charge is 0.246 e. The van der Waals surface area contributed by atoms with Crippen LogP contribution in [0.1, 0.15) is 32.1 Å². The predicted octanol–water partition coefficient (Wildman–Crippen LogP) is -0.0628. The van der Waals surface area contributed by atoms with Crippen LogP contribution in [-0.4, -0.2) is 31.1 Å². The van der Waals surface area contributed by atoms with Crippen LogP contribution >= 0.6 is 0 Å². The van der Waals surface area contributed by atoms with Gasteiger partial charge in [0.25, 0.3) is 0 Å². The minimum atomic E-state index is -0.839. The molecule has 1 aliphatic rings. The van der Waals surface area contributed by atoms with Gasteiger partial charge in [0.1, 0.15) is 12.1 Å². The van der Waals surface area contributed by atoms with Crippen molar-refractivity contribution >= 4 is 11.8 Å². The van der Waals surface area contributed by atoms with Crippen LogP contribution in [0.5, 0.6) is 0 Å². The van der Waals surface area contributed by atoms with Crippen LogP contribution in [0.25, 0.3) is 0 Å². The lowest BCUT2D eigenvalue weighted by molar-refractivity contribution is -0.134. The maximum atomic E-state index is 11.4. The maximum absolute atomic E-state index is 11.4. The van der Waals surface area contributed by atoms with Crippen molar-refractivity contribution < 1.29 is 14.3 Å². The summed E-state index contributed by atoms with van der Waals surface area (Å²) in [5.41, 5.74) is 4.51. The lowest BCUT2D eigenvalue weighted by Gasteiger charge is -2.34. The zero-order valence-electron chi connectivity index (χ0n) is 9.04. The Morgan fingerprint density at radius 2 is 1.93 bits per heavy atom. The monoisotopic (exact) mass is 214 g/mol. The van der Waals surface area contributed by atoms with Crippen molar-refractivity contribution in [2.24, 2.45) is 5.73 Å².